The van der Waals surface area contributed by atoms with Crippen molar-refractivity contribution in [3.05, 3.63) is 52.1 Å². The Morgan fingerprint density at radius 2 is 1.71 bits per heavy atom. The van der Waals surface area contributed by atoms with Crippen LogP contribution in [0.5, 0.6) is 17.2 Å². The highest BCUT2D eigenvalue weighted by molar-refractivity contribution is 5.86. The maximum atomic E-state index is 5.75. The van der Waals surface area contributed by atoms with Crippen molar-refractivity contribution in [1.29, 1.82) is 0 Å². The van der Waals surface area contributed by atoms with E-state index in [1.54, 1.807) is 0 Å². The second kappa shape index (κ2) is 4.47. The maximum Gasteiger partial charge on any atom is 0.231 e. The first-order chi connectivity index (χ1) is 11.8. The Kier molecular flexibility index (Phi) is 2.38. The first-order valence-electron chi connectivity index (χ1n) is 8.53. The minimum atomic E-state index is 0.327. The monoisotopic (exact) mass is 319 g/mol. The van der Waals surface area contributed by atoms with Crippen molar-refractivity contribution >= 4 is 11.8 Å². The summed E-state index contributed by atoms with van der Waals surface area (Å²) in [5.41, 5.74) is 7.96. The Balaban J connectivity index is 1.52. The third kappa shape index (κ3) is 1.68. The molecule has 0 saturated carbocycles. The van der Waals surface area contributed by atoms with Crippen LogP contribution < -0.4 is 14.2 Å². The van der Waals surface area contributed by atoms with E-state index >= 15 is 0 Å². The molecule has 2 aromatic rings. The second-order valence-corrected chi connectivity index (χ2v) is 6.82. The molecule has 120 valence electrons. The van der Waals surface area contributed by atoms with Crippen molar-refractivity contribution in [1.82, 2.24) is 4.90 Å². The summed E-state index contributed by atoms with van der Waals surface area (Å²) in [4.78, 5) is 2.48. The lowest BCUT2D eigenvalue weighted by molar-refractivity contribution is 0.174. The van der Waals surface area contributed by atoms with Gasteiger partial charge in [-0.3, -0.25) is 0 Å². The van der Waals surface area contributed by atoms with Crippen LogP contribution in [0.1, 0.15) is 27.8 Å². The molecule has 0 saturated heterocycles. The smallest absolute Gasteiger partial charge is 0.231 e. The van der Waals surface area contributed by atoms with E-state index in [-0.39, 0.29) is 0 Å². The molecule has 4 aliphatic heterocycles. The van der Waals surface area contributed by atoms with Gasteiger partial charge in [-0.25, -0.2) is 0 Å². The maximum absolute atomic E-state index is 5.75. The van der Waals surface area contributed by atoms with Crippen LogP contribution >= 0.6 is 0 Å². The fourth-order valence-electron chi connectivity index (χ4n) is 4.23. The quantitative estimate of drug-likeness (QED) is 0.746. The summed E-state index contributed by atoms with van der Waals surface area (Å²) in [6.45, 7) is 3.16. The fraction of sp³-hybridized carbons (Fsp3) is 0.300. The zero-order chi connectivity index (χ0) is 15.7. The molecular formula is C20H17NO3. The third-order valence-corrected chi connectivity index (χ3v) is 5.47. The fourth-order valence-corrected chi connectivity index (χ4v) is 4.23. The summed E-state index contributed by atoms with van der Waals surface area (Å²) in [6, 6.07) is 8.84. The number of hydrogen-bond donors (Lipinski definition) is 0. The molecule has 6 rings (SSSR count). The molecule has 0 fully saturated rings. The Hall–Kier alpha value is -2.62. The van der Waals surface area contributed by atoms with Gasteiger partial charge in [0, 0.05) is 30.8 Å². The molecule has 0 radical (unpaired) electrons. The zero-order valence-corrected chi connectivity index (χ0v) is 13.3. The highest BCUT2D eigenvalue weighted by Crippen LogP contribution is 2.43. The molecule has 4 heteroatoms. The van der Waals surface area contributed by atoms with Crippen LogP contribution in [-0.2, 0) is 19.4 Å². The van der Waals surface area contributed by atoms with Gasteiger partial charge >= 0.3 is 0 Å². The molecule has 0 amide bonds. The van der Waals surface area contributed by atoms with Crippen LogP contribution in [0.2, 0.25) is 0 Å². The Bertz CT molecular complexity index is 916. The average molecular weight is 319 g/mol. The van der Waals surface area contributed by atoms with E-state index in [0.717, 1.165) is 49.8 Å². The summed E-state index contributed by atoms with van der Waals surface area (Å²) in [5, 5.41) is 0. The van der Waals surface area contributed by atoms with Crippen LogP contribution in [0.4, 0.5) is 0 Å². The van der Waals surface area contributed by atoms with Gasteiger partial charge in [0.2, 0.25) is 6.79 Å². The van der Waals surface area contributed by atoms with E-state index in [1.165, 1.54) is 33.5 Å². The van der Waals surface area contributed by atoms with Crippen molar-refractivity contribution in [2.75, 3.05) is 19.9 Å². The molecule has 0 aromatic heterocycles. The van der Waals surface area contributed by atoms with Gasteiger partial charge in [0.1, 0.15) is 5.75 Å². The Labute approximate surface area is 140 Å². The normalized spacial score (nSPS) is 19.0. The molecule has 0 unspecified atom stereocenters. The van der Waals surface area contributed by atoms with E-state index < -0.39 is 0 Å². The number of fused-ring (bicyclic) bond motifs is 6. The van der Waals surface area contributed by atoms with E-state index in [2.05, 4.69) is 35.2 Å². The van der Waals surface area contributed by atoms with Crippen LogP contribution in [0.3, 0.4) is 0 Å². The number of rotatable bonds is 0. The molecule has 24 heavy (non-hydrogen) atoms. The van der Waals surface area contributed by atoms with Crippen LogP contribution in [-0.4, -0.2) is 24.8 Å². The van der Waals surface area contributed by atoms with Gasteiger partial charge in [0.25, 0.3) is 0 Å². The van der Waals surface area contributed by atoms with Gasteiger partial charge < -0.3 is 19.1 Å². The minimum absolute atomic E-state index is 0.327. The standard InChI is InChI=1S/C20H17NO3/c1-3-21-10-15-5-13-2-4-22-18(13)8-14(15)6-17(21)16-9-20-19(7-12(1)16)23-11-24-20/h5-9H,1-4,10-11H2. The predicted octanol–water partition coefficient (Wildman–Crippen LogP) is 3.22. The molecule has 0 spiro atoms. The highest BCUT2D eigenvalue weighted by atomic mass is 16.7. The van der Waals surface area contributed by atoms with Crippen LogP contribution in [0, 0.1) is 0 Å². The zero-order valence-electron chi connectivity index (χ0n) is 13.3. The van der Waals surface area contributed by atoms with Gasteiger partial charge in [-0.05, 0) is 59.0 Å². The molecule has 0 aliphatic carbocycles. The number of hydrogen-bond acceptors (Lipinski definition) is 4. The summed E-state index contributed by atoms with van der Waals surface area (Å²) in [7, 11) is 0. The van der Waals surface area contributed by atoms with E-state index in [1.807, 2.05) is 0 Å². The predicted molar refractivity (Wildman–Crippen MR) is 90.2 cm³/mol. The van der Waals surface area contributed by atoms with E-state index in [0.29, 0.717) is 6.79 Å². The molecule has 4 nitrogen and oxygen atoms in total. The van der Waals surface area contributed by atoms with Crippen LogP contribution in [0.15, 0.2) is 24.3 Å². The summed E-state index contributed by atoms with van der Waals surface area (Å²) >= 11 is 0. The first-order valence-corrected chi connectivity index (χ1v) is 8.53. The molecule has 0 atom stereocenters. The number of nitrogens with zero attached hydrogens (tertiary/aromatic N) is 1. The van der Waals surface area contributed by atoms with Crippen LogP contribution in [0.25, 0.3) is 11.8 Å². The lowest BCUT2D eigenvalue weighted by Gasteiger charge is -2.37. The van der Waals surface area contributed by atoms with Crippen molar-refractivity contribution < 1.29 is 14.2 Å². The van der Waals surface area contributed by atoms with E-state index in [9.17, 15) is 0 Å². The summed E-state index contributed by atoms with van der Waals surface area (Å²) in [6.07, 6.45) is 4.39. The van der Waals surface area contributed by atoms with Crippen molar-refractivity contribution in [3.63, 3.8) is 0 Å². The largest absolute Gasteiger partial charge is 0.493 e. The topological polar surface area (TPSA) is 30.9 Å². The molecule has 4 heterocycles. The Morgan fingerprint density at radius 1 is 0.792 bits per heavy atom. The second-order valence-electron chi connectivity index (χ2n) is 6.82. The molecule has 0 N–H and O–H groups in total. The van der Waals surface area contributed by atoms with Gasteiger partial charge in [-0.1, -0.05) is 0 Å². The SMILES string of the molecule is C1=C2c3cc4c(cc3CCN2Cc2cc3c(cc21)OCC3)OCO4. The van der Waals surface area contributed by atoms with Gasteiger partial charge in [-0.2, -0.15) is 0 Å². The number of ether oxygens (including phenoxy) is 3. The highest BCUT2D eigenvalue weighted by Gasteiger charge is 2.29. The van der Waals surface area contributed by atoms with Crippen molar-refractivity contribution in [3.8, 4) is 17.2 Å². The summed E-state index contributed by atoms with van der Waals surface area (Å²) < 4.78 is 16.9. The van der Waals surface area contributed by atoms with Gasteiger partial charge in [0.05, 0.1) is 6.61 Å². The van der Waals surface area contributed by atoms with Crippen molar-refractivity contribution in [2.24, 2.45) is 0 Å². The van der Waals surface area contributed by atoms with E-state index in [4.69, 9.17) is 14.2 Å². The van der Waals surface area contributed by atoms with Gasteiger partial charge in [-0.15, -0.1) is 0 Å². The summed E-state index contributed by atoms with van der Waals surface area (Å²) in [5.74, 6) is 2.80. The molecule has 0 bridgehead atoms. The lowest BCUT2D eigenvalue weighted by atomic mass is 9.89. The Morgan fingerprint density at radius 3 is 2.67 bits per heavy atom. The third-order valence-electron chi connectivity index (χ3n) is 5.47. The lowest BCUT2D eigenvalue weighted by Crippen LogP contribution is -2.31. The average Bonchev–Trinajstić information content (AvgIpc) is 3.24. The molecule has 2 aromatic carbocycles. The van der Waals surface area contributed by atoms with Gasteiger partial charge in [0.15, 0.2) is 11.5 Å². The molecule has 4 aliphatic rings. The number of benzene rings is 2. The first kappa shape index (κ1) is 12.8. The van der Waals surface area contributed by atoms with Crippen molar-refractivity contribution in [2.45, 2.75) is 19.4 Å². The minimum Gasteiger partial charge on any atom is -0.493 e. The molecular weight excluding hydrogens is 302 g/mol.